The summed E-state index contributed by atoms with van der Waals surface area (Å²) in [6.07, 6.45) is -2.64. The first kappa shape index (κ1) is 20.3. The minimum absolute atomic E-state index is 0.0259. The summed E-state index contributed by atoms with van der Waals surface area (Å²) in [5, 5.41) is 18.1. The van der Waals surface area contributed by atoms with Crippen molar-refractivity contribution in [3.8, 4) is 0 Å². The van der Waals surface area contributed by atoms with Crippen LogP contribution in [0.3, 0.4) is 0 Å². The lowest BCUT2D eigenvalue weighted by Crippen LogP contribution is -2.43. The molecule has 7 nitrogen and oxygen atoms in total. The number of halogens is 3. The van der Waals surface area contributed by atoms with Gasteiger partial charge in [-0.2, -0.15) is 13.2 Å². The third-order valence-electron chi connectivity index (χ3n) is 4.07. The molecule has 1 heterocycles. The number of urea groups is 1. The van der Waals surface area contributed by atoms with E-state index in [1.165, 1.54) is 23.0 Å². The molecule has 3 aromatic rings. The van der Waals surface area contributed by atoms with Gasteiger partial charge in [0, 0.05) is 12.1 Å². The van der Waals surface area contributed by atoms with E-state index in [2.05, 4.69) is 15.9 Å². The Bertz CT molecular complexity index is 961. The molecule has 3 N–H and O–H groups in total. The molecule has 0 aliphatic carbocycles. The molecule has 0 fully saturated rings. The predicted molar refractivity (Wildman–Crippen MR) is 97.1 cm³/mol. The third-order valence-corrected chi connectivity index (χ3v) is 4.07. The van der Waals surface area contributed by atoms with Gasteiger partial charge < -0.3 is 10.4 Å². The number of aromatic nitrogens is 2. The van der Waals surface area contributed by atoms with Gasteiger partial charge in [0.1, 0.15) is 6.61 Å². The largest absolute Gasteiger partial charge is 0.416 e. The van der Waals surface area contributed by atoms with E-state index in [1.54, 1.807) is 0 Å². The lowest BCUT2D eigenvalue weighted by atomic mass is 10.1. The molecule has 0 spiro atoms. The first-order valence-corrected chi connectivity index (χ1v) is 8.63. The summed E-state index contributed by atoms with van der Waals surface area (Å²) in [6, 6.07) is 12.5. The van der Waals surface area contributed by atoms with Gasteiger partial charge >= 0.3 is 18.1 Å². The number of hydrogen-bond donors (Lipinski definition) is 3. The number of alkyl halides is 3. The summed E-state index contributed by atoms with van der Waals surface area (Å²) in [4.78, 5) is 12.0. The minimum Gasteiger partial charge on any atom is -0.389 e. The van der Waals surface area contributed by atoms with E-state index in [-0.39, 0.29) is 18.2 Å². The van der Waals surface area contributed by atoms with Crippen LogP contribution in [0.15, 0.2) is 65.3 Å². The van der Waals surface area contributed by atoms with Crippen LogP contribution < -0.4 is 15.3 Å². The minimum atomic E-state index is -4.51. The smallest absolute Gasteiger partial charge is 0.389 e. The van der Waals surface area contributed by atoms with E-state index in [0.717, 1.165) is 17.7 Å². The van der Waals surface area contributed by atoms with Crippen LogP contribution in [0, 0.1) is 0 Å². The van der Waals surface area contributed by atoms with Crippen LogP contribution >= 0.6 is 0 Å². The van der Waals surface area contributed by atoms with E-state index < -0.39 is 23.8 Å². The second-order valence-electron chi connectivity index (χ2n) is 6.23. The van der Waals surface area contributed by atoms with E-state index >= 15 is 0 Å². The predicted octanol–water partition coefficient (Wildman–Crippen LogP) is 3.40. The molecular formula is C19H18F3N4O3+. The molecule has 0 radical (unpaired) electrons. The number of anilines is 2. The van der Waals surface area contributed by atoms with E-state index in [4.69, 9.17) is 4.52 Å². The van der Waals surface area contributed by atoms with Crippen molar-refractivity contribution in [3.05, 3.63) is 71.9 Å². The van der Waals surface area contributed by atoms with Gasteiger partial charge in [-0.3, -0.25) is 9.84 Å². The fourth-order valence-electron chi connectivity index (χ4n) is 2.66. The van der Waals surface area contributed by atoms with Gasteiger partial charge in [0.25, 0.3) is 6.20 Å². The number of carbonyl (C=O) groups excluding carboxylic acids is 1. The van der Waals surface area contributed by atoms with Crippen LogP contribution in [0.2, 0.25) is 0 Å². The Kier molecular flexibility index (Phi) is 6.13. The van der Waals surface area contributed by atoms with Crippen molar-refractivity contribution in [2.45, 2.75) is 18.6 Å². The Labute approximate surface area is 163 Å². The van der Waals surface area contributed by atoms with Gasteiger partial charge in [-0.1, -0.05) is 36.4 Å². The standard InChI is InChI=1S/C19H17F3N4O3/c20-19(21,22)14-7-4-8-15(10-14)23-18(28)24-17-11-26(25-29-17)16(12-27)9-13-5-2-1-3-6-13/h1-8,10-11,16,27H,9,12H2,(H-,23,24,25,28)/p+1/t16-/m0/s1. The van der Waals surface area contributed by atoms with E-state index in [0.29, 0.717) is 6.42 Å². The highest BCUT2D eigenvalue weighted by Crippen LogP contribution is 2.30. The van der Waals surface area contributed by atoms with Crippen LogP contribution in [-0.4, -0.2) is 23.0 Å². The summed E-state index contributed by atoms with van der Waals surface area (Å²) in [6.45, 7) is -0.206. The summed E-state index contributed by atoms with van der Waals surface area (Å²) in [5.74, 6) is -0.0269. The van der Waals surface area contributed by atoms with Gasteiger partial charge in [-0.25, -0.2) is 4.79 Å². The lowest BCUT2D eigenvalue weighted by Gasteiger charge is -2.09. The average molecular weight is 407 g/mol. The molecule has 2 amide bonds. The zero-order valence-corrected chi connectivity index (χ0v) is 15.1. The normalized spacial score (nSPS) is 12.4. The topological polar surface area (TPSA) is 91.3 Å². The highest BCUT2D eigenvalue weighted by Gasteiger charge is 2.30. The fraction of sp³-hybridized carbons (Fsp3) is 0.211. The summed E-state index contributed by atoms with van der Waals surface area (Å²) < 4.78 is 44.6. The van der Waals surface area contributed by atoms with Crippen molar-refractivity contribution in [1.82, 2.24) is 5.27 Å². The number of carbonyl (C=O) groups is 1. The Balaban J connectivity index is 1.63. The number of benzene rings is 2. The average Bonchev–Trinajstić information content (AvgIpc) is 3.14. The number of aliphatic hydroxyl groups excluding tert-OH is 1. The molecule has 1 aromatic heterocycles. The number of rotatable bonds is 6. The Morgan fingerprint density at radius 3 is 2.59 bits per heavy atom. The molecular weight excluding hydrogens is 389 g/mol. The van der Waals surface area contributed by atoms with Gasteiger partial charge in [-0.15, -0.1) is 0 Å². The zero-order valence-electron chi connectivity index (χ0n) is 15.1. The molecule has 0 aliphatic heterocycles. The van der Waals surface area contributed by atoms with Crippen molar-refractivity contribution in [2.75, 3.05) is 17.2 Å². The van der Waals surface area contributed by atoms with Crippen molar-refractivity contribution in [1.29, 1.82) is 0 Å². The Hall–Kier alpha value is -3.40. The van der Waals surface area contributed by atoms with Crippen LogP contribution in [0.4, 0.5) is 29.5 Å². The summed E-state index contributed by atoms with van der Waals surface area (Å²) >= 11 is 0. The quantitative estimate of drug-likeness (QED) is 0.546. The fourth-order valence-corrected chi connectivity index (χ4v) is 2.66. The maximum atomic E-state index is 12.7. The first-order valence-electron chi connectivity index (χ1n) is 8.63. The molecule has 2 aromatic carbocycles. The number of hydrogen-bond acceptors (Lipinski definition) is 4. The van der Waals surface area contributed by atoms with Crippen LogP contribution in [0.5, 0.6) is 0 Å². The van der Waals surface area contributed by atoms with Gasteiger partial charge in [0.05, 0.1) is 5.56 Å². The van der Waals surface area contributed by atoms with Gasteiger partial charge in [-0.05, 0) is 28.4 Å². The van der Waals surface area contributed by atoms with Gasteiger partial charge in [0.2, 0.25) is 11.3 Å². The summed E-state index contributed by atoms with van der Waals surface area (Å²) in [5.41, 5.74) is 0.0837. The molecule has 0 bridgehead atoms. The molecule has 3 rings (SSSR count). The highest BCUT2D eigenvalue weighted by atomic mass is 19.4. The number of aliphatic hydroxyl groups is 1. The first-order chi connectivity index (χ1) is 13.8. The summed E-state index contributed by atoms with van der Waals surface area (Å²) in [7, 11) is 0. The molecule has 152 valence electrons. The lowest BCUT2D eigenvalue weighted by molar-refractivity contribution is -0.786. The zero-order chi connectivity index (χ0) is 20.9. The SMILES string of the molecule is O=C(Nc1cccc(C(F)(F)F)c1)Nc1c[n+]([C@H](CO)Cc2ccccc2)no1. The molecule has 0 aliphatic rings. The molecule has 1 atom stereocenters. The second kappa shape index (κ2) is 8.74. The number of nitrogens with zero attached hydrogens (tertiary/aromatic N) is 2. The number of nitrogens with one attached hydrogen (secondary N) is 2. The van der Waals surface area contributed by atoms with Crippen molar-refractivity contribution >= 4 is 17.6 Å². The van der Waals surface area contributed by atoms with E-state index in [9.17, 15) is 23.1 Å². The van der Waals surface area contributed by atoms with Crippen LogP contribution in [-0.2, 0) is 12.6 Å². The molecule has 0 saturated carbocycles. The number of amides is 2. The highest BCUT2D eigenvalue weighted by molar-refractivity contribution is 5.98. The third kappa shape index (κ3) is 5.55. The molecule has 10 heteroatoms. The van der Waals surface area contributed by atoms with Crippen molar-refractivity contribution < 1.29 is 32.3 Å². The Morgan fingerprint density at radius 1 is 1.14 bits per heavy atom. The molecule has 0 saturated heterocycles. The molecule has 0 unspecified atom stereocenters. The second-order valence-corrected chi connectivity index (χ2v) is 6.23. The van der Waals surface area contributed by atoms with Crippen LogP contribution in [0.1, 0.15) is 17.2 Å². The maximum absolute atomic E-state index is 12.7. The van der Waals surface area contributed by atoms with Crippen molar-refractivity contribution in [3.63, 3.8) is 0 Å². The molecule has 29 heavy (non-hydrogen) atoms. The van der Waals surface area contributed by atoms with Crippen molar-refractivity contribution in [2.24, 2.45) is 0 Å². The monoisotopic (exact) mass is 407 g/mol. The van der Waals surface area contributed by atoms with Gasteiger partial charge in [0.15, 0.2) is 0 Å². The van der Waals surface area contributed by atoms with Crippen LogP contribution in [0.25, 0.3) is 0 Å². The maximum Gasteiger partial charge on any atom is 0.416 e. The van der Waals surface area contributed by atoms with E-state index in [1.807, 2.05) is 30.3 Å². The Morgan fingerprint density at radius 2 is 1.90 bits per heavy atom.